The normalized spacial score (nSPS) is 12.4. The van der Waals surface area contributed by atoms with Crippen molar-refractivity contribution in [2.75, 3.05) is 19.8 Å². The fourth-order valence-electron chi connectivity index (χ4n) is 7.30. The van der Waals surface area contributed by atoms with E-state index in [1.165, 1.54) is 180 Å². The lowest BCUT2D eigenvalue weighted by Gasteiger charge is -2.18. The minimum atomic E-state index is -0.535. The number of hydrogen-bond acceptors (Lipinski definition) is 5. The number of esters is 2. The number of hydrogen-bond donors (Lipinski definition) is 0. The van der Waals surface area contributed by atoms with Gasteiger partial charge in [0.1, 0.15) is 6.61 Å². The summed E-state index contributed by atoms with van der Waals surface area (Å²) < 4.78 is 17.3. The van der Waals surface area contributed by atoms with Crippen LogP contribution < -0.4 is 0 Å². The average Bonchev–Trinajstić information content (AvgIpc) is 3.22. The van der Waals surface area contributed by atoms with Crippen molar-refractivity contribution in [2.45, 2.75) is 271 Å². The molecule has 0 saturated heterocycles. The van der Waals surface area contributed by atoms with Crippen molar-refractivity contribution < 1.29 is 23.8 Å². The third kappa shape index (κ3) is 46.8. The molecule has 0 aromatic rings. The van der Waals surface area contributed by atoms with Crippen LogP contribution in [0.3, 0.4) is 0 Å². The van der Waals surface area contributed by atoms with E-state index >= 15 is 0 Å². The molecule has 0 aliphatic rings. The van der Waals surface area contributed by atoms with E-state index in [-0.39, 0.29) is 25.2 Å². The van der Waals surface area contributed by atoms with Gasteiger partial charge in [-0.25, -0.2) is 0 Å². The van der Waals surface area contributed by atoms with E-state index in [2.05, 4.69) is 57.2 Å². The van der Waals surface area contributed by atoms with Gasteiger partial charge in [-0.1, -0.05) is 211 Å². The molecule has 5 nitrogen and oxygen atoms in total. The van der Waals surface area contributed by atoms with Crippen molar-refractivity contribution in [3.8, 4) is 0 Å². The lowest BCUT2D eigenvalue weighted by atomic mass is 10.1. The number of carbonyl (C=O) groups is 2. The minimum absolute atomic E-state index is 0.0833. The zero-order valence-corrected chi connectivity index (χ0v) is 39.1. The fourth-order valence-corrected chi connectivity index (χ4v) is 7.30. The molecule has 0 amide bonds. The van der Waals surface area contributed by atoms with Gasteiger partial charge in [0.15, 0.2) is 6.10 Å². The summed E-state index contributed by atoms with van der Waals surface area (Å²) in [6.45, 7) is 7.80. The quantitative estimate of drug-likeness (QED) is 0.0348. The van der Waals surface area contributed by atoms with Crippen LogP contribution in [0.4, 0.5) is 0 Å². The Bertz CT molecular complexity index is 924. The van der Waals surface area contributed by atoms with Crippen molar-refractivity contribution in [2.24, 2.45) is 0 Å². The first kappa shape index (κ1) is 56.1. The molecule has 1 unspecified atom stereocenters. The molecule has 0 N–H and O–H groups in total. The summed E-state index contributed by atoms with van der Waals surface area (Å²) in [5.41, 5.74) is 0. The molecule has 1 atom stereocenters. The van der Waals surface area contributed by atoms with Gasteiger partial charge in [-0.3, -0.25) is 9.59 Å². The highest BCUT2D eigenvalue weighted by Crippen LogP contribution is 2.14. The van der Waals surface area contributed by atoms with Crippen molar-refractivity contribution in [3.63, 3.8) is 0 Å². The van der Waals surface area contributed by atoms with Crippen molar-refractivity contribution in [3.05, 3.63) is 36.5 Å². The maximum absolute atomic E-state index is 12.8. The first-order chi connectivity index (χ1) is 28.6. The van der Waals surface area contributed by atoms with Crippen LogP contribution in [0.5, 0.6) is 0 Å². The predicted octanol–water partition coefficient (Wildman–Crippen LogP) is 17.0. The topological polar surface area (TPSA) is 61.8 Å². The number of allylic oxidation sites excluding steroid dienone is 6. The summed E-state index contributed by atoms with van der Waals surface area (Å²) in [5.74, 6) is -0.401. The average molecular weight is 815 g/mol. The Kier molecular flexibility index (Phi) is 47.9. The van der Waals surface area contributed by atoms with E-state index in [0.717, 1.165) is 51.4 Å². The third-order valence-corrected chi connectivity index (χ3v) is 11.1. The van der Waals surface area contributed by atoms with Gasteiger partial charge >= 0.3 is 11.9 Å². The van der Waals surface area contributed by atoms with Crippen LogP contribution in [0.15, 0.2) is 36.5 Å². The van der Waals surface area contributed by atoms with Crippen LogP contribution in [-0.4, -0.2) is 37.9 Å². The van der Waals surface area contributed by atoms with E-state index < -0.39 is 6.10 Å². The molecule has 0 aliphatic carbocycles. The molecule has 0 fully saturated rings. The van der Waals surface area contributed by atoms with E-state index in [1.807, 2.05) is 0 Å². The first-order valence-electron chi connectivity index (χ1n) is 25.5. The Morgan fingerprint density at radius 1 is 0.379 bits per heavy atom. The van der Waals surface area contributed by atoms with Crippen molar-refractivity contribution >= 4 is 11.9 Å². The summed E-state index contributed by atoms with van der Waals surface area (Å²) >= 11 is 0. The zero-order valence-electron chi connectivity index (χ0n) is 39.1. The van der Waals surface area contributed by atoms with Gasteiger partial charge in [-0.15, -0.1) is 0 Å². The Morgan fingerprint density at radius 3 is 1.19 bits per heavy atom. The lowest BCUT2D eigenvalue weighted by molar-refractivity contribution is -0.163. The molecule has 0 bridgehead atoms. The van der Waals surface area contributed by atoms with E-state index in [1.54, 1.807) is 0 Å². The molecule has 0 aromatic heterocycles. The highest BCUT2D eigenvalue weighted by Gasteiger charge is 2.17. The van der Waals surface area contributed by atoms with Gasteiger partial charge in [-0.2, -0.15) is 0 Å². The second-order valence-corrected chi connectivity index (χ2v) is 17.1. The van der Waals surface area contributed by atoms with Gasteiger partial charge < -0.3 is 14.2 Å². The van der Waals surface area contributed by atoms with Crippen LogP contribution in [0, 0.1) is 0 Å². The molecule has 0 aliphatic heterocycles. The van der Waals surface area contributed by atoms with Gasteiger partial charge in [0.2, 0.25) is 0 Å². The van der Waals surface area contributed by atoms with Gasteiger partial charge in [0.25, 0.3) is 0 Å². The smallest absolute Gasteiger partial charge is 0.306 e. The summed E-state index contributed by atoms with van der Waals surface area (Å²) in [4.78, 5) is 25.3. The molecule has 0 radical (unpaired) electrons. The van der Waals surface area contributed by atoms with E-state index in [4.69, 9.17) is 14.2 Å². The SMILES string of the molecule is CCCCC/C=C\C/C=C\CCCCCCCCCC(=O)OCC(COCCCCCCCCCC)OC(=O)CCCCCCCCC/C=C\CCCCCCCC. The standard InChI is InChI=1S/C53H98O5/c1-4-7-10-13-16-19-21-23-25-27-29-31-33-35-37-40-43-46-52(54)57-50-51(49-56-48-45-42-39-18-15-12-9-6-3)58-53(55)47-44-41-38-36-34-32-30-28-26-24-22-20-17-14-11-8-5-2/h16,19,23-26,51H,4-15,17-18,20-22,27-50H2,1-3H3/b19-16-,25-23-,26-24-. The molecule has 340 valence electrons. The summed E-state index contributed by atoms with van der Waals surface area (Å²) in [5, 5.41) is 0. The van der Waals surface area contributed by atoms with Crippen LogP contribution in [-0.2, 0) is 23.8 Å². The van der Waals surface area contributed by atoms with Gasteiger partial charge in [-0.05, 0) is 77.0 Å². The van der Waals surface area contributed by atoms with Crippen LogP contribution in [0.25, 0.3) is 0 Å². The number of unbranched alkanes of at least 4 members (excludes halogenated alkanes) is 30. The highest BCUT2D eigenvalue weighted by molar-refractivity contribution is 5.70. The molecule has 0 rings (SSSR count). The Hall–Kier alpha value is -1.88. The van der Waals surface area contributed by atoms with Crippen LogP contribution in [0.2, 0.25) is 0 Å². The maximum atomic E-state index is 12.8. The molecule has 0 spiro atoms. The second kappa shape index (κ2) is 49.5. The Balaban J connectivity index is 4.16. The minimum Gasteiger partial charge on any atom is -0.462 e. The molecular weight excluding hydrogens is 717 g/mol. The number of rotatable bonds is 47. The highest BCUT2D eigenvalue weighted by atomic mass is 16.6. The second-order valence-electron chi connectivity index (χ2n) is 17.1. The van der Waals surface area contributed by atoms with Crippen LogP contribution in [0.1, 0.15) is 265 Å². The monoisotopic (exact) mass is 815 g/mol. The largest absolute Gasteiger partial charge is 0.462 e. The fraction of sp³-hybridized carbons (Fsp3) is 0.849. The lowest BCUT2D eigenvalue weighted by Crippen LogP contribution is -2.30. The van der Waals surface area contributed by atoms with Crippen molar-refractivity contribution in [1.29, 1.82) is 0 Å². The molecule has 5 heteroatoms. The number of ether oxygens (including phenoxy) is 3. The van der Waals surface area contributed by atoms with Gasteiger partial charge in [0, 0.05) is 19.4 Å². The van der Waals surface area contributed by atoms with E-state index in [9.17, 15) is 9.59 Å². The van der Waals surface area contributed by atoms with E-state index in [0.29, 0.717) is 19.4 Å². The Labute approximate surface area is 361 Å². The predicted molar refractivity (Wildman–Crippen MR) is 252 cm³/mol. The zero-order chi connectivity index (χ0) is 42.1. The summed E-state index contributed by atoms with van der Waals surface area (Å²) in [6.07, 6.45) is 58.6. The maximum Gasteiger partial charge on any atom is 0.306 e. The van der Waals surface area contributed by atoms with Crippen molar-refractivity contribution in [1.82, 2.24) is 0 Å². The molecule has 58 heavy (non-hydrogen) atoms. The molecule has 0 heterocycles. The summed E-state index contributed by atoms with van der Waals surface area (Å²) in [6, 6.07) is 0. The molecule has 0 saturated carbocycles. The third-order valence-electron chi connectivity index (χ3n) is 11.1. The first-order valence-corrected chi connectivity index (χ1v) is 25.5. The Morgan fingerprint density at radius 2 is 0.724 bits per heavy atom. The molecular formula is C53H98O5. The van der Waals surface area contributed by atoms with Crippen LogP contribution >= 0.6 is 0 Å². The summed E-state index contributed by atoms with van der Waals surface area (Å²) in [7, 11) is 0. The number of carbonyl (C=O) groups excluding carboxylic acids is 2. The molecule has 0 aromatic carbocycles. The van der Waals surface area contributed by atoms with Gasteiger partial charge in [0.05, 0.1) is 6.61 Å².